The van der Waals surface area contributed by atoms with Crippen molar-refractivity contribution >= 4 is 22.9 Å². The highest BCUT2D eigenvalue weighted by molar-refractivity contribution is 5.97. The van der Waals surface area contributed by atoms with Gasteiger partial charge >= 0.3 is 0 Å². The number of rotatable bonds is 8. The van der Waals surface area contributed by atoms with E-state index < -0.39 is 0 Å². The van der Waals surface area contributed by atoms with Crippen LogP contribution in [0.1, 0.15) is 61.8 Å². The van der Waals surface area contributed by atoms with Crippen molar-refractivity contribution in [3.63, 3.8) is 0 Å². The van der Waals surface area contributed by atoms with Crippen LogP contribution in [0.2, 0.25) is 0 Å². The zero-order valence-electron chi connectivity index (χ0n) is 25.2. The number of likely N-dealkylation sites (tertiary alicyclic amines) is 1. The molecule has 0 radical (unpaired) electrons. The molecule has 11 heteroatoms. The number of methoxy groups -OCH3 is 1. The molecule has 2 aliphatic heterocycles. The van der Waals surface area contributed by atoms with E-state index in [2.05, 4.69) is 61.1 Å². The molecule has 1 saturated carbocycles. The SMILES string of the molecule is COc1ccc(-n2cnnn2)cc1C(=O)N1CC[C@@](C)(CCN2CCCN(c3nc4ccccc4n3C3CCC3)CC2)C1. The molecule has 226 valence electrons. The number of carbonyl (C=O) groups excluding carboxylic acids is 1. The highest BCUT2D eigenvalue weighted by atomic mass is 16.5. The molecule has 3 fully saturated rings. The Hall–Kier alpha value is -3.99. The number of tetrazole rings is 1. The van der Waals surface area contributed by atoms with Crippen LogP contribution in [0, 0.1) is 5.41 Å². The van der Waals surface area contributed by atoms with Gasteiger partial charge in [-0.3, -0.25) is 4.79 Å². The summed E-state index contributed by atoms with van der Waals surface area (Å²) < 4.78 is 9.62. The first kappa shape index (κ1) is 27.8. The van der Waals surface area contributed by atoms with Crippen molar-refractivity contribution in [1.82, 2.24) is 39.6 Å². The monoisotopic (exact) mass is 583 g/mol. The third kappa shape index (κ3) is 5.46. The number of nitrogens with zero attached hydrogens (tertiary/aromatic N) is 9. The summed E-state index contributed by atoms with van der Waals surface area (Å²) in [4.78, 5) is 25.9. The molecule has 4 aromatic rings. The van der Waals surface area contributed by atoms with Gasteiger partial charge in [0.05, 0.1) is 29.4 Å². The quantitative estimate of drug-likeness (QED) is 0.305. The second kappa shape index (κ2) is 11.6. The van der Waals surface area contributed by atoms with Gasteiger partial charge in [0.15, 0.2) is 0 Å². The van der Waals surface area contributed by atoms with E-state index in [1.54, 1.807) is 11.8 Å². The molecular weight excluding hydrogens is 542 g/mol. The number of carbonyl (C=O) groups is 1. The summed E-state index contributed by atoms with van der Waals surface area (Å²) in [5, 5.41) is 11.4. The largest absolute Gasteiger partial charge is 0.496 e. The Balaban J connectivity index is 0.981. The van der Waals surface area contributed by atoms with Gasteiger partial charge in [-0.1, -0.05) is 19.1 Å². The van der Waals surface area contributed by atoms with E-state index in [9.17, 15) is 4.79 Å². The Morgan fingerprint density at radius 3 is 2.72 bits per heavy atom. The maximum Gasteiger partial charge on any atom is 0.257 e. The Morgan fingerprint density at radius 1 is 1.05 bits per heavy atom. The summed E-state index contributed by atoms with van der Waals surface area (Å²) in [6, 6.07) is 14.7. The summed E-state index contributed by atoms with van der Waals surface area (Å²) in [5.74, 6) is 1.72. The second-order valence-corrected chi connectivity index (χ2v) is 12.7. The molecule has 1 amide bonds. The first-order chi connectivity index (χ1) is 21.0. The minimum atomic E-state index is -0.00438. The number of fused-ring (bicyclic) bond motifs is 1. The predicted octanol–water partition coefficient (Wildman–Crippen LogP) is 4.20. The van der Waals surface area contributed by atoms with E-state index in [-0.39, 0.29) is 11.3 Å². The van der Waals surface area contributed by atoms with Crippen molar-refractivity contribution in [3.05, 3.63) is 54.4 Å². The highest BCUT2D eigenvalue weighted by Crippen LogP contribution is 2.39. The average Bonchev–Trinajstić information content (AvgIpc) is 3.72. The number of aromatic nitrogens is 6. The number of para-hydroxylation sites is 2. The number of amides is 1. The number of imidazole rings is 1. The van der Waals surface area contributed by atoms with Gasteiger partial charge in [0, 0.05) is 38.8 Å². The topological polar surface area (TPSA) is 97.4 Å². The molecule has 1 aliphatic carbocycles. The zero-order chi connectivity index (χ0) is 29.4. The van der Waals surface area contributed by atoms with Gasteiger partial charge in [-0.05, 0) is 97.8 Å². The third-order valence-electron chi connectivity index (χ3n) is 9.79. The van der Waals surface area contributed by atoms with E-state index in [0.29, 0.717) is 17.4 Å². The van der Waals surface area contributed by atoms with Crippen LogP contribution >= 0.6 is 0 Å². The van der Waals surface area contributed by atoms with Crippen LogP contribution in [-0.4, -0.2) is 98.4 Å². The van der Waals surface area contributed by atoms with Crippen LogP contribution in [0.3, 0.4) is 0 Å². The Labute approximate surface area is 252 Å². The first-order valence-corrected chi connectivity index (χ1v) is 15.7. The Morgan fingerprint density at radius 2 is 1.93 bits per heavy atom. The van der Waals surface area contributed by atoms with Gasteiger partial charge < -0.3 is 24.0 Å². The minimum Gasteiger partial charge on any atom is -0.496 e. The maximum atomic E-state index is 13.7. The predicted molar refractivity (Wildman–Crippen MR) is 165 cm³/mol. The molecule has 2 saturated heterocycles. The van der Waals surface area contributed by atoms with E-state index >= 15 is 0 Å². The lowest BCUT2D eigenvalue weighted by molar-refractivity contribution is 0.0767. The highest BCUT2D eigenvalue weighted by Gasteiger charge is 2.37. The van der Waals surface area contributed by atoms with Gasteiger partial charge in [0.2, 0.25) is 5.95 Å². The van der Waals surface area contributed by atoms with Crippen molar-refractivity contribution in [2.75, 3.05) is 57.8 Å². The molecule has 2 aromatic heterocycles. The molecule has 0 spiro atoms. The zero-order valence-corrected chi connectivity index (χ0v) is 25.2. The molecule has 0 unspecified atom stereocenters. The summed E-state index contributed by atoms with van der Waals surface area (Å²) in [7, 11) is 1.60. The van der Waals surface area contributed by atoms with Crippen LogP contribution in [0.15, 0.2) is 48.8 Å². The van der Waals surface area contributed by atoms with E-state index in [1.165, 1.54) is 31.1 Å². The van der Waals surface area contributed by atoms with E-state index in [1.807, 2.05) is 23.1 Å². The Bertz CT molecular complexity index is 1580. The molecule has 3 aliphatic rings. The molecule has 11 nitrogen and oxygen atoms in total. The van der Waals surface area contributed by atoms with Crippen LogP contribution in [0.5, 0.6) is 5.75 Å². The van der Waals surface area contributed by atoms with Crippen molar-refractivity contribution in [1.29, 1.82) is 0 Å². The van der Waals surface area contributed by atoms with Gasteiger partial charge in [-0.2, -0.15) is 0 Å². The Kier molecular flexibility index (Phi) is 7.50. The standard InChI is InChI=1S/C32H41N9O2/c1-32(14-18-39(22-32)30(42)26-21-25(11-12-29(26)43-2)40-23-33-35-36-40)13-17-37-15-6-16-38(20-19-37)31-34-27-9-3-4-10-28(27)41(31)24-7-5-8-24/h3-4,9-12,21,23-24H,5-8,13-20,22H2,1-2H3/t32-/m1/s1. The summed E-state index contributed by atoms with van der Waals surface area (Å²) in [6.45, 7) is 9.04. The third-order valence-corrected chi connectivity index (χ3v) is 9.79. The number of anilines is 1. The molecule has 2 aromatic carbocycles. The van der Waals surface area contributed by atoms with Crippen LogP contribution in [0.4, 0.5) is 5.95 Å². The normalized spacial score (nSPS) is 21.7. The lowest BCUT2D eigenvalue weighted by atomic mass is 9.86. The molecule has 1 atom stereocenters. The van der Waals surface area contributed by atoms with Gasteiger partial charge in [-0.15, -0.1) is 5.10 Å². The first-order valence-electron chi connectivity index (χ1n) is 15.7. The molecule has 4 heterocycles. The van der Waals surface area contributed by atoms with Gasteiger partial charge in [0.1, 0.15) is 12.1 Å². The van der Waals surface area contributed by atoms with Crippen molar-refractivity contribution in [2.45, 2.75) is 51.5 Å². The van der Waals surface area contributed by atoms with Crippen LogP contribution in [0.25, 0.3) is 16.7 Å². The van der Waals surface area contributed by atoms with Crippen LogP contribution < -0.4 is 9.64 Å². The van der Waals surface area contributed by atoms with Crippen LogP contribution in [-0.2, 0) is 0 Å². The van der Waals surface area contributed by atoms with E-state index in [0.717, 1.165) is 82.2 Å². The summed E-state index contributed by atoms with van der Waals surface area (Å²) in [6.07, 6.45) is 8.54. The number of hydrogen-bond acceptors (Lipinski definition) is 8. The second-order valence-electron chi connectivity index (χ2n) is 12.7. The van der Waals surface area contributed by atoms with Crippen molar-refractivity contribution < 1.29 is 9.53 Å². The molecule has 43 heavy (non-hydrogen) atoms. The van der Waals surface area contributed by atoms with Gasteiger partial charge in [0.25, 0.3) is 5.91 Å². The fraction of sp³-hybridized carbons (Fsp3) is 0.531. The van der Waals surface area contributed by atoms with Crippen molar-refractivity contribution in [2.24, 2.45) is 5.41 Å². The number of hydrogen-bond donors (Lipinski definition) is 0. The minimum absolute atomic E-state index is 0.00438. The maximum absolute atomic E-state index is 13.7. The summed E-state index contributed by atoms with van der Waals surface area (Å²) in [5.41, 5.74) is 3.74. The number of benzene rings is 2. The number of ether oxygens (including phenoxy) is 1. The molecular formula is C32H41N9O2. The smallest absolute Gasteiger partial charge is 0.257 e. The molecule has 7 rings (SSSR count). The lowest BCUT2D eigenvalue weighted by Gasteiger charge is -2.32. The fourth-order valence-corrected chi connectivity index (χ4v) is 6.94. The van der Waals surface area contributed by atoms with Crippen molar-refractivity contribution in [3.8, 4) is 11.4 Å². The lowest BCUT2D eigenvalue weighted by Crippen LogP contribution is -2.36. The van der Waals surface area contributed by atoms with Gasteiger partial charge in [-0.25, -0.2) is 9.67 Å². The summed E-state index contributed by atoms with van der Waals surface area (Å²) >= 11 is 0. The van der Waals surface area contributed by atoms with E-state index in [4.69, 9.17) is 9.72 Å². The molecule has 0 N–H and O–H groups in total. The average molecular weight is 584 g/mol. The molecule has 0 bridgehead atoms. The fourth-order valence-electron chi connectivity index (χ4n) is 6.94.